The number of anilines is 1. The van der Waals surface area contributed by atoms with Crippen LogP contribution < -0.4 is 10.6 Å². The molecule has 0 aliphatic rings. The summed E-state index contributed by atoms with van der Waals surface area (Å²) in [6.07, 6.45) is -4.44. The molecule has 1 atom stereocenters. The third kappa shape index (κ3) is 5.32. The average Bonchev–Trinajstić information content (AvgIpc) is 2.59. The van der Waals surface area contributed by atoms with Gasteiger partial charge in [0.25, 0.3) is 5.91 Å². The van der Waals surface area contributed by atoms with Crippen molar-refractivity contribution in [1.82, 2.24) is 5.32 Å². The number of hydrogen-bond acceptors (Lipinski definition) is 2. The maximum absolute atomic E-state index is 12.6. The monoisotopic (exact) mass is 378 g/mol. The van der Waals surface area contributed by atoms with Crippen LogP contribution in [0.4, 0.5) is 18.9 Å². The van der Waals surface area contributed by atoms with Crippen LogP contribution in [0.3, 0.4) is 0 Å². The number of benzene rings is 2. The Kier molecular flexibility index (Phi) is 6.25. The Labute approximate surface area is 155 Å². The molecule has 0 aliphatic carbocycles. The predicted molar refractivity (Wildman–Crippen MR) is 97.3 cm³/mol. The highest BCUT2D eigenvalue weighted by Crippen LogP contribution is 2.29. The quantitative estimate of drug-likeness (QED) is 0.810. The van der Waals surface area contributed by atoms with Crippen LogP contribution in [0.2, 0.25) is 0 Å². The van der Waals surface area contributed by atoms with Gasteiger partial charge in [-0.3, -0.25) is 9.59 Å². The van der Waals surface area contributed by atoms with Crippen molar-refractivity contribution in [3.05, 3.63) is 65.2 Å². The molecule has 2 aromatic rings. The number of alkyl halides is 3. The fraction of sp³-hybridized carbons (Fsp3) is 0.300. The Morgan fingerprint density at radius 3 is 2.07 bits per heavy atom. The van der Waals surface area contributed by atoms with Crippen LogP contribution in [0.25, 0.3) is 0 Å². The van der Waals surface area contributed by atoms with Crippen LogP contribution >= 0.6 is 0 Å². The van der Waals surface area contributed by atoms with E-state index >= 15 is 0 Å². The Hall–Kier alpha value is -2.83. The highest BCUT2D eigenvalue weighted by molar-refractivity contribution is 6.01. The fourth-order valence-electron chi connectivity index (χ4n) is 2.54. The molecule has 2 aromatic carbocycles. The molecule has 7 heteroatoms. The van der Waals surface area contributed by atoms with Gasteiger partial charge in [0.2, 0.25) is 5.91 Å². The van der Waals surface area contributed by atoms with Crippen molar-refractivity contribution >= 4 is 17.5 Å². The molecule has 0 unspecified atom stereocenters. The van der Waals surface area contributed by atoms with Crippen molar-refractivity contribution in [2.75, 3.05) is 5.32 Å². The van der Waals surface area contributed by atoms with Crippen LogP contribution in [0.1, 0.15) is 35.3 Å². The average molecular weight is 378 g/mol. The van der Waals surface area contributed by atoms with Crippen molar-refractivity contribution in [2.24, 2.45) is 5.92 Å². The number of aryl methyl sites for hydroxylation is 1. The van der Waals surface area contributed by atoms with E-state index in [1.165, 1.54) is 12.1 Å². The number of carbonyl (C=O) groups excluding carboxylic acids is 2. The first-order chi connectivity index (χ1) is 12.6. The largest absolute Gasteiger partial charge is 0.416 e. The van der Waals surface area contributed by atoms with E-state index in [9.17, 15) is 22.8 Å². The summed E-state index contributed by atoms with van der Waals surface area (Å²) in [5, 5.41) is 5.25. The number of amides is 2. The van der Waals surface area contributed by atoms with Crippen molar-refractivity contribution in [3.8, 4) is 0 Å². The first kappa shape index (κ1) is 20.5. The topological polar surface area (TPSA) is 58.2 Å². The van der Waals surface area contributed by atoms with Gasteiger partial charge in [-0.05, 0) is 48.7 Å². The molecule has 0 saturated carbocycles. The minimum absolute atomic E-state index is 0.215. The third-order valence-corrected chi connectivity index (χ3v) is 4.11. The lowest BCUT2D eigenvalue weighted by Crippen LogP contribution is -2.47. The number of halogens is 3. The second-order valence-corrected chi connectivity index (χ2v) is 6.57. The smallest absolute Gasteiger partial charge is 0.340 e. The zero-order valence-electron chi connectivity index (χ0n) is 15.2. The van der Waals surface area contributed by atoms with E-state index in [1.807, 2.05) is 6.07 Å². The Morgan fingerprint density at radius 2 is 1.56 bits per heavy atom. The first-order valence-electron chi connectivity index (χ1n) is 8.44. The SMILES string of the molecule is Cc1ccccc1C(=O)N[C@H](C(=O)Nc1ccc(C(F)(F)F)cc1)C(C)C. The Balaban J connectivity index is 2.11. The molecule has 4 nitrogen and oxygen atoms in total. The maximum atomic E-state index is 12.6. The van der Waals surface area contributed by atoms with Crippen LogP contribution in [-0.2, 0) is 11.0 Å². The van der Waals surface area contributed by atoms with Crippen molar-refractivity contribution in [2.45, 2.75) is 33.0 Å². The molecule has 144 valence electrons. The third-order valence-electron chi connectivity index (χ3n) is 4.11. The zero-order valence-corrected chi connectivity index (χ0v) is 15.2. The summed E-state index contributed by atoms with van der Waals surface area (Å²) < 4.78 is 37.9. The normalized spacial score (nSPS) is 12.6. The summed E-state index contributed by atoms with van der Waals surface area (Å²) in [4.78, 5) is 25.0. The fourth-order valence-corrected chi connectivity index (χ4v) is 2.54. The molecule has 2 N–H and O–H groups in total. The van der Waals surface area contributed by atoms with Gasteiger partial charge in [0.15, 0.2) is 0 Å². The number of hydrogen-bond donors (Lipinski definition) is 2. The molecule has 0 radical (unpaired) electrons. The van der Waals surface area contributed by atoms with Crippen molar-refractivity contribution in [3.63, 3.8) is 0 Å². The van der Waals surface area contributed by atoms with Gasteiger partial charge >= 0.3 is 6.18 Å². The van der Waals surface area contributed by atoms with Gasteiger partial charge in [-0.1, -0.05) is 32.0 Å². The lowest BCUT2D eigenvalue weighted by Gasteiger charge is -2.22. The highest BCUT2D eigenvalue weighted by Gasteiger charge is 2.30. The molecule has 0 spiro atoms. The zero-order chi connectivity index (χ0) is 20.2. The molecule has 0 heterocycles. The number of nitrogens with one attached hydrogen (secondary N) is 2. The second kappa shape index (κ2) is 8.24. The van der Waals surface area contributed by atoms with Gasteiger partial charge in [0.05, 0.1) is 5.56 Å². The van der Waals surface area contributed by atoms with Gasteiger partial charge in [-0.25, -0.2) is 0 Å². The highest BCUT2D eigenvalue weighted by atomic mass is 19.4. The lowest BCUT2D eigenvalue weighted by atomic mass is 10.0. The molecule has 0 fully saturated rings. The van der Waals surface area contributed by atoms with E-state index in [0.29, 0.717) is 5.56 Å². The summed E-state index contributed by atoms with van der Waals surface area (Å²) in [5.41, 5.74) is 0.670. The molecule has 2 amide bonds. The molecule has 0 aromatic heterocycles. The molecule has 0 saturated heterocycles. The van der Waals surface area contributed by atoms with Crippen LogP contribution in [0.5, 0.6) is 0 Å². The number of carbonyl (C=O) groups is 2. The van der Waals surface area contributed by atoms with E-state index in [0.717, 1.165) is 17.7 Å². The van der Waals surface area contributed by atoms with Crippen LogP contribution in [-0.4, -0.2) is 17.9 Å². The molecular weight excluding hydrogens is 357 g/mol. The van der Waals surface area contributed by atoms with E-state index in [-0.39, 0.29) is 17.5 Å². The Bertz CT molecular complexity index is 815. The lowest BCUT2D eigenvalue weighted by molar-refractivity contribution is -0.137. The maximum Gasteiger partial charge on any atom is 0.416 e. The standard InChI is InChI=1S/C20H21F3N2O2/c1-12(2)17(25-18(26)16-7-5-4-6-13(16)3)19(27)24-15-10-8-14(9-11-15)20(21,22)23/h4-12,17H,1-3H3,(H,24,27)(H,25,26)/t17-/m0/s1. The minimum Gasteiger partial charge on any atom is -0.340 e. The van der Waals surface area contributed by atoms with Crippen LogP contribution in [0, 0.1) is 12.8 Å². The summed E-state index contributed by atoms with van der Waals surface area (Å²) in [6.45, 7) is 5.34. The van der Waals surface area contributed by atoms with Gasteiger partial charge in [-0.15, -0.1) is 0 Å². The van der Waals surface area contributed by atoms with Gasteiger partial charge < -0.3 is 10.6 Å². The molecule has 0 aliphatic heterocycles. The molecule has 27 heavy (non-hydrogen) atoms. The van der Waals surface area contributed by atoms with E-state index in [1.54, 1.807) is 39.0 Å². The van der Waals surface area contributed by atoms with Gasteiger partial charge in [0.1, 0.15) is 6.04 Å². The second-order valence-electron chi connectivity index (χ2n) is 6.57. The Morgan fingerprint density at radius 1 is 0.963 bits per heavy atom. The minimum atomic E-state index is -4.44. The van der Waals surface area contributed by atoms with Gasteiger partial charge in [0, 0.05) is 11.3 Å². The molecular formula is C20H21F3N2O2. The molecule has 0 bridgehead atoms. The summed E-state index contributed by atoms with van der Waals surface area (Å²) >= 11 is 0. The number of rotatable bonds is 5. The predicted octanol–water partition coefficient (Wildman–Crippen LogP) is 4.41. The van der Waals surface area contributed by atoms with Gasteiger partial charge in [-0.2, -0.15) is 13.2 Å². The summed E-state index contributed by atoms with van der Waals surface area (Å²) in [7, 11) is 0. The van der Waals surface area contributed by atoms with Crippen LogP contribution in [0.15, 0.2) is 48.5 Å². The van der Waals surface area contributed by atoms with E-state index in [2.05, 4.69) is 10.6 Å². The summed E-state index contributed by atoms with van der Waals surface area (Å²) in [5.74, 6) is -1.09. The van der Waals surface area contributed by atoms with E-state index < -0.39 is 23.7 Å². The van der Waals surface area contributed by atoms with Crippen molar-refractivity contribution in [1.29, 1.82) is 0 Å². The van der Waals surface area contributed by atoms with E-state index in [4.69, 9.17) is 0 Å². The van der Waals surface area contributed by atoms with Crippen molar-refractivity contribution < 1.29 is 22.8 Å². The molecule has 2 rings (SSSR count). The first-order valence-corrected chi connectivity index (χ1v) is 8.44. The summed E-state index contributed by atoms with van der Waals surface area (Å²) in [6, 6.07) is 10.3.